The molecule has 0 saturated carbocycles. The van der Waals surface area contributed by atoms with Crippen molar-refractivity contribution in [1.82, 2.24) is 5.32 Å². The predicted octanol–water partition coefficient (Wildman–Crippen LogP) is 1.57. The molecule has 2 aliphatic rings. The van der Waals surface area contributed by atoms with Crippen LogP contribution in [0.4, 0.5) is 10.1 Å². The van der Waals surface area contributed by atoms with Gasteiger partial charge in [0, 0.05) is 31.4 Å². The van der Waals surface area contributed by atoms with Crippen LogP contribution in [0.3, 0.4) is 0 Å². The third kappa shape index (κ3) is 2.49. The molecule has 0 bridgehead atoms. The summed E-state index contributed by atoms with van der Waals surface area (Å²) in [4.78, 5) is 2.29. The van der Waals surface area contributed by atoms with Gasteiger partial charge in [-0.15, -0.1) is 0 Å². The van der Waals surface area contributed by atoms with Crippen LogP contribution in [0.15, 0.2) is 18.2 Å². The van der Waals surface area contributed by atoms with Gasteiger partial charge in [-0.1, -0.05) is 6.07 Å². The van der Waals surface area contributed by atoms with Crippen LogP contribution in [0.25, 0.3) is 0 Å². The molecule has 2 heterocycles. The number of ether oxygens (including phenoxy) is 1. The molecule has 1 fully saturated rings. The van der Waals surface area contributed by atoms with Crippen LogP contribution >= 0.6 is 0 Å². The number of morpholine rings is 1. The maximum absolute atomic E-state index is 13.3. The number of halogens is 1. The zero-order valence-corrected chi connectivity index (χ0v) is 10.5. The number of benzene rings is 1. The summed E-state index contributed by atoms with van der Waals surface area (Å²) in [6, 6.07) is 5.56. The summed E-state index contributed by atoms with van der Waals surface area (Å²) < 4.78 is 18.7. The Morgan fingerprint density at radius 3 is 3.22 bits per heavy atom. The first kappa shape index (κ1) is 11.9. The Balaban J connectivity index is 1.60. The molecule has 98 valence electrons. The zero-order valence-electron chi connectivity index (χ0n) is 10.5. The normalized spacial score (nSPS) is 23.2. The molecule has 1 aromatic carbocycles. The van der Waals surface area contributed by atoms with Crippen LogP contribution in [0.5, 0.6) is 0 Å². The maximum atomic E-state index is 13.3. The average Bonchev–Trinajstić information content (AvgIpc) is 2.80. The SMILES string of the molecule is Fc1ccc2c(c1)N(CCC1COCCN1)CC2. The summed E-state index contributed by atoms with van der Waals surface area (Å²) in [6.45, 7) is 4.53. The minimum atomic E-state index is -0.139. The highest BCUT2D eigenvalue weighted by molar-refractivity contribution is 5.58. The van der Waals surface area contributed by atoms with Gasteiger partial charge in [0.1, 0.15) is 5.82 Å². The third-order valence-corrected chi connectivity index (χ3v) is 3.79. The molecule has 0 aliphatic carbocycles. The molecule has 0 radical (unpaired) electrons. The number of rotatable bonds is 3. The van der Waals surface area contributed by atoms with Crippen LogP contribution in [-0.4, -0.2) is 38.9 Å². The topological polar surface area (TPSA) is 24.5 Å². The fourth-order valence-electron chi connectivity index (χ4n) is 2.77. The number of nitrogens with zero attached hydrogens (tertiary/aromatic N) is 1. The molecule has 1 aromatic rings. The Morgan fingerprint density at radius 1 is 1.44 bits per heavy atom. The van der Waals surface area contributed by atoms with Gasteiger partial charge in [0.2, 0.25) is 0 Å². The quantitative estimate of drug-likeness (QED) is 0.881. The lowest BCUT2D eigenvalue weighted by Crippen LogP contribution is -2.43. The van der Waals surface area contributed by atoms with Crippen molar-refractivity contribution in [3.63, 3.8) is 0 Å². The Bertz CT molecular complexity index is 418. The van der Waals surface area contributed by atoms with Crippen molar-refractivity contribution in [3.8, 4) is 0 Å². The fourth-order valence-corrected chi connectivity index (χ4v) is 2.77. The molecule has 3 rings (SSSR count). The number of fused-ring (bicyclic) bond motifs is 1. The third-order valence-electron chi connectivity index (χ3n) is 3.79. The number of anilines is 1. The van der Waals surface area contributed by atoms with E-state index in [-0.39, 0.29) is 5.82 Å². The van der Waals surface area contributed by atoms with E-state index in [2.05, 4.69) is 10.2 Å². The Labute approximate surface area is 107 Å². The van der Waals surface area contributed by atoms with Gasteiger partial charge in [0.15, 0.2) is 0 Å². The average molecular weight is 250 g/mol. The van der Waals surface area contributed by atoms with E-state index in [1.165, 1.54) is 5.56 Å². The summed E-state index contributed by atoms with van der Waals surface area (Å²) in [5, 5.41) is 3.45. The smallest absolute Gasteiger partial charge is 0.125 e. The summed E-state index contributed by atoms with van der Waals surface area (Å²) in [5.41, 5.74) is 2.34. The number of hydrogen-bond donors (Lipinski definition) is 1. The van der Waals surface area contributed by atoms with Gasteiger partial charge < -0.3 is 15.0 Å². The molecule has 3 nitrogen and oxygen atoms in total. The van der Waals surface area contributed by atoms with Gasteiger partial charge in [-0.3, -0.25) is 0 Å². The van der Waals surface area contributed by atoms with E-state index in [0.29, 0.717) is 6.04 Å². The monoisotopic (exact) mass is 250 g/mol. The predicted molar refractivity (Wildman–Crippen MR) is 69.5 cm³/mol. The second-order valence-corrected chi connectivity index (χ2v) is 5.02. The molecule has 0 spiro atoms. The molecule has 4 heteroatoms. The summed E-state index contributed by atoms with van der Waals surface area (Å²) in [7, 11) is 0. The van der Waals surface area contributed by atoms with Crippen molar-refractivity contribution in [1.29, 1.82) is 0 Å². The van der Waals surface area contributed by atoms with E-state index in [0.717, 1.165) is 51.4 Å². The summed E-state index contributed by atoms with van der Waals surface area (Å²) in [5.74, 6) is -0.139. The van der Waals surface area contributed by atoms with E-state index >= 15 is 0 Å². The van der Waals surface area contributed by atoms with Crippen LogP contribution in [0.2, 0.25) is 0 Å². The fraction of sp³-hybridized carbons (Fsp3) is 0.571. The van der Waals surface area contributed by atoms with Gasteiger partial charge >= 0.3 is 0 Å². The standard InChI is InChI=1S/C14H19FN2O/c15-12-2-1-11-3-6-17(14(11)9-12)7-4-13-10-18-8-5-16-13/h1-2,9,13,16H,3-8,10H2. The van der Waals surface area contributed by atoms with Gasteiger partial charge in [-0.25, -0.2) is 4.39 Å². The molecule has 1 saturated heterocycles. The Morgan fingerprint density at radius 2 is 2.39 bits per heavy atom. The Kier molecular flexibility index (Phi) is 3.48. The molecule has 1 atom stereocenters. The zero-order chi connectivity index (χ0) is 12.4. The highest BCUT2D eigenvalue weighted by Crippen LogP contribution is 2.28. The summed E-state index contributed by atoms with van der Waals surface area (Å²) >= 11 is 0. The number of hydrogen-bond acceptors (Lipinski definition) is 3. The maximum Gasteiger partial charge on any atom is 0.125 e. The lowest BCUT2D eigenvalue weighted by atomic mass is 10.1. The molecule has 1 unspecified atom stereocenters. The highest BCUT2D eigenvalue weighted by Gasteiger charge is 2.21. The molecule has 0 amide bonds. The van der Waals surface area contributed by atoms with Gasteiger partial charge in [-0.05, 0) is 30.5 Å². The first-order valence-electron chi connectivity index (χ1n) is 6.67. The molecule has 2 aliphatic heterocycles. The van der Waals surface area contributed by atoms with Crippen molar-refractivity contribution in [2.24, 2.45) is 0 Å². The van der Waals surface area contributed by atoms with E-state index in [1.54, 1.807) is 12.1 Å². The minimum absolute atomic E-state index is 0.139. The van der Waals surface area contributed by atoms with Crippen molar-refractivity contribution in [2.45, 2.75) is 18.9 Å². The van der Waals surface area contributed by atoms with Gasteiger partial charge in [-0.2, -0.15) is 0 Å². The van der Waals surface area contributed by atoms with E-state index in [9.17, 15) is 4.39 Å². The first-order valence-corrected chi connectivity index (χ1v) is 6.67. The Hall–Kier alpha value is -1.13. The molecular weight excluding hydrogens is 231 g/mol. The second kappa shape index (κ2) is 5.24. The largest absolute Gasteiger partial charge is 0.379 e. The second-order valence-electron chi connectivity index (χ2n) is 5.02. The lowest BCUT2D eigenvalue weighted by Gasteiger charge is -2.27. The van der Waals surface area contributed by atoms with E-state index in [4.69, 9.17) is 4.74 Å². The van der Waals surface area contributed by atoms with E-state index < -0.39 is 0 Å². The van der Waals surface area contributed by atoms with Gasteiger partial charge in [0.25, 0.3) is 0 Å². The van der Waals surface area contributed by atoms with Crippen LogP contribution in [0, 0.1) is 5.82 Å². The first-order chi connectivity index (χ1) is 8.83. The van der Waals surface area contributed by atoms with Crippen LogP contribution in [0.1, 0.15) is 12.0 Å². The van der Waals surface area contributed by atoms with Gasteiger partial charge in [0.05, 0.1) is 13.2 Å². The molecular formula is C14H19FN2O. The minimum Gasteiger partial charge on any atom is -0.379 e. The van der Waals surface area contributed by atoms with Crippen molar-refractivity contribution in [2.75, 3.05) is 37.7 Å². The number of nitrogens with one attached hydrogen (secondary N) is 1. The van der Waals surface area contributed by atoms with Crippen LogP contribution < -0.4 is 10.2 Å². The molecule has 18 heavy (non-hydrogen) atoms. The van der Waals surface area contributed by atoms with Crippen molar-refractivity contribution in [3.05, 3.63) is 29.6 Å². The highest BCUT2D eigenvalue weighted by atomic mass is 19.1. The van der Waals surface area contributed by atoms with Crippen molar-refractivity contribution < 1.29 is 9.13 Å². The van der Waals surface area contributed by atoms with E-state index in [1.807, 2.05) is 6.07 Å². The van der Waals surface area contributed by atoms with Crippen molar-refractivity contribution >= 4 is 5.69 Å². The van der Waals surface area contributed by atoms with Crippen LogP contribution in [-0.2, 0) is 11.2 Å². The molecule has 1 N–H and O–H groups in total. The molecule has 0 aromatic heterocycles. The lowest BCUT2D eigenvalue weighted by molar-refractivity contribution is 0.0748. The summed E-state index contributed by atoms with van der Waals surface area (Å²) in [6.07, 6.45) is 2.08.